The molecule has 0 aliphatic rings. The second kappa shape index (κ2) is 19.2. The summed E-state index contributed by atoms with van der Waals surface area (Å²) in [6.45, 7) is 4.00. The number of hydrogen-bond donors (Lipinski definition) is 0. The van der Waals surface area contributed by atoms with E-state index in [0.717, 1.165) is 93.6 Å². The molecule has 18 aromatic rings. The van der Waals surface area contributed by atoms with Crippen molar-refractivity contribution < 1.29 is 0 Å². The number of nitrogens with zero attached hydrogens (tertiary/aromatic N) is 9. The van der Waals surface area contributed by atoms with E-state index < -0.39 is 0 Å². The average Bonchev–Trinajstić information content (AvgIpc) is 2.68. The topological polar surface area (TPSA) is 100 Å². The number of aromatic nitrogens is 9. The van der Waals surface area contributed by atoms with Crippen LogP contribution < -0.4 is 0 Å². The Kier molecular flexibility index (Phi) is 11.2. The summed E-state index contributed by atoms with van der Waals surface area (Å²) >= 11 is 3.65. The molecule has 9 nitrogen and oxygen atoms in total. The van der Waals surface area contributed by atoms with Crippen LogP contribution in [0.3, 0.4) is 0 Å². The lowest BCUT2D eigenvalue weighted by molar-refractivity contribution is 1.02. The first-order valence-electron chi connectivity index (χ1n) is 27.4. The number of pyridine rings is 3. The van der Waals surface area contributed by atoms with Crippen molar-refractivity contribution in [2.75, 3.05) is 0 Å². The molecule has 82 heavy (non-hydrogen) atoms. The van der Waals surface area contributed by atoms with E-state index in [1.54, 1.807) is 0 Å². The largest absolute Gasteiger partial charge is 0.290 e. The summed E-state index contributed by atoms with van der Waals surface area (Å²) < 4.78 is 9.54. The standard InChI is InChI=1S/C35H20N4S.C34H19N5S.C2H6/c1-2-10-21(11-3-1)32-24-14-6-8-16-27(24)37-35(38-32)39-28-18-19-36-20-26(28)30-22-12-4-5-13-23(22)31-25-15-7-9-17-29(25)40-34(31)33(30)39;1-2-9-20(10-3-1)33-37-25-13-6-4-11-22(25)34(38-33)39-26-14-8-17-36-30(26)29-21-16-18-35-19-24(21)28-23-12-5-7-15-27(23)40-32(28)31(29)39;1-2/h1-20H;1-19H;1-2H3. The van der Waals surface area contributed by atoms with Crippen molar-refractivity contribution >= 4 is 150 Å². The Balaban J connectivity index is 0.000000131. The zero-order valence-corrected chi connectivity index (χ0v) is 46.0. The number of para-hydroxylation sites is 2. The summed E-state index contributed by atoms with van der Waals surface area (Å²) in [5.74, 6) is 2.22. The van der Waals surface area contributed by atoms with E-state index in [9.17, 15) is 0 Å². The normalized spacial score (nSPS) is 11.8. The van der Waals surface area contributed by atoms with Gasteiger partial charge in [-0.05, 0) is 70.8 Å². The Morgan fingerprint density at radius 2 is 0.890 bits per heavy atom. The fourth-order valence-electron chi connectivity index (χ4n) is 12.3. The third-order valence-electron chi connectivity index (χ3n) is 15.6. The van der Waals surface area contributed by atoms with E-state index in [-0.39, 0.29) is 0 Å². The van der Waals surface area contributed by atoms with Crippen molar-refractivity contribution in [3.05, 3.63) is 237 Å². The molecule has 0 unspecified atom stereocenters. The van der Waals surface area contributed by atoms with Gasteiger partial charge in [-0.25, -0.2) is 19.9 Å². The minimum Gasteiger partial charge on any atom is -0.290 e. The molecular weight excluding hydrogens is 1040 g/mol. The minimum atomic E-state index is 0.665. The molecule has 9 aromatic heterocycles. The van der Waals surface area contributed by atoms with Gasteiger partial charge in [-0.15, -0.1) is 22.7 Å². The lowest BCUT2D eigenvalue weighted by Gasteiger charge is -2.13. The molecule has 386 valence electrons. The molecule has 0 radical (unpaired) electrons. The summed E-state index contributed by atoms with van der Waals surface area (Å²) in [6, 6.07) is 71.6. The van der Waals surface area contributed by atoms with Gasteiger partial charge in [0.25, 0.3) is 0 Å². The van der Waals surface area contributed by atoms with E-state index in [4.69, 9.17) is 24.9 Å². The molecular formula is C71H45N9S2. The second-order valence-electron chi connectivity index (χ2n) is 20.0. The first-order chi connectivity index (χ1) is 40.7. The highest BCUT2D eigenvalue weighted by Gasteiger charge is 2.26. The summed E-state index contributed by atoms with van der Waals surface area (Å²) in [4.78, 5) is 34.8. The highest BCUT2D eigenvalue weighted by molar-refractivity contribution is 7.27. The highest BCUT2D eigenvalue weighted by Crippen LogP contribution is 2.50. The summed E-state index contributed by atoms with van der Waals surface area (Å²) in [7, 11) is 0. The van der Waals surface area contributed by atoms with Gasteiger partial charge in [0, 0.05) is 105 Å². The van der Waals surface area contributed by atoms with Crippen LogP contribution in [0.4, 0.5) is 0 Å². The molecule has 9 aromatic carbocycles. The van der Waals surface area contributed by atoms with Crippen molar-refractivity contribution in [2.24, 2.45) is 0 Å². The van der Waals surface area contributed by atoms with Gasteiger partial charge in [-0.2, -0.15) is 0 Å². The van der Waals surface area contributed by atoms with Crippen LogP contribution in [0.2, 0.25) is 0 Å². The molecule has 0 N–H and O–H groups in total. The molecule has 11 heteroatoms. The van der Waals surface area contributed by atoms with Gasteiger partial charge in [0.15, 0.2) is 5.82 Å². The van der Waals surface area contributed by atoms with Crippen LogP contribution in [0, 0.1) is 0 Å². The molecule has 9 heterocycles. The van der Waals surface area contributed by atoms with E-state index in [0.29, 0.717) is 11.8 Å². The first-order valence-corrected chi connectivity index (χ1v) is 29.1. The quantitative estimate of drug-likeness (QED) is 0.173. The number of rotatable bonds is 4. The van der Waals surface area contributed by atoms with Crippen molar-refractivity contribution in [3.8, 4) is 34.4 Å². The molecule has 0 bridgehead atoms. The Bertz CT molecular complexity index is 5560. The lowest BCUT2D eigenvalue weighted by atomic mass is 9.99. The maximum absolute atomic E-state index is 5.29. The van der Waals surface area contributed by atoms with E-state index in [1.165, 1.54) is 56.5 Å². The van der Waals surface area contributed by atoms with Crippen LogP contribution in [0.1, 0.15) is 13.8 Å². The number of thiophene rings is 2. The summed E-state index contributed by atoms with van der Waals surface area (Å²) in [6.07, 6.45) is 9.60. The lowest BCUT2D eigenvalue weighted by Crippen LogP contribution is -2.03. The number of fused-ring (bicyclic) bond motifs is 22. The van der Waals surface area contributed by atoms with Gasteiger partial charge in [-0.3, -0.25) is 24.1 Å². The van der Waals surface area contributed by atoms with Crippen molar-refractivity contribution in [1.82, 2.24) is 44.0 Å². The Morgan fingerprint density at radius 3 is 1.60 bits per heavy atom. The third-order valence-corrected chi connectivity index (χ3v) is 18.0. The maximum atomic E-state index is 5.29. The van der Waals surface area contributed by atoms with Gasteiger partial charge in [0.2, 0.25) is 5.95 Å². The Hall–Kier alpha value is -10.3. The molecule has 0 atom stereocenters. The second-order valence-corrected chi connectivity index (χ2v) is 22.1. The average molecular weight is 1090 g/mol. The number of benzene rings is 9. The molecule has 0 amide bonds. The van der Waals surface area contributed by atoms with Crippen molar-refractivity contribution in [1.29, 1.82) is 0 Å². The van der Waals surface area contributed by atoms with Gasteiger partial charge in [-0.1, -0.05) is 166 Å². The fraction of sp³-hybridized carbons (Fsp3) is 0.0282. The zero-order valence-electron chi connectivity index (χ0n) is 44.4. The molecule has 0 fully saturated rings. The molecule has 0 saturated heterocycles. The Labute approximate surface area is 476 Å². The van der Waals surface area contributed by atoms with Crippen molar-refractivity contribution in [2.45, 2.75) is 13.8 Å². The van der Waals surface area contributed by atoms with Crippen LogP contribution in [0.25, 0.3) is 162 Å². The molecule has 0 aliphatic heterocycles. The molecule has 18 rings (SSSR count). The molecule has 0 aliphatic carbocycles. The predicted molar refractivity (Wildman–Crippen MR) is 344 cm³/mol. The van der Waals surface area contributed by atoms with Gasteiger partial charge in [0.05, 0.1) is 53.7 Å². The third kappa shape index (κ3) is 7.20. The summed E-state index contributed by atoms with van der Waals surface area (Å²) in [5.41, 5.74) is 10.1. The monoisotopic (exact) mass is 1090 g/mol. The van der Waals surface area contributed by atoms with Crippen LogP contribution in [-0.4, -0.2) is 44.0 Å². The summed E-state index contributed by atoms with van der Waals surface area (Å²) in [5, 5.41) is 15.2. The van der Waals surface area contributed by atoms with Crippen LogP contribution in [0.15, 0.2) is 237 Å². The van der Waals surface area contributed by atoms with Crippen LogP contribution >= 0.6 is 22.7 Å². The van der Waals surface area contributed by atoms with E-state index >= 15 is 0 Å². The fourth-order valence-corrected chi connectivity index (χ4v) is 14.8. The first kappa shape index (κ1) is 47.7. The van der Waals surface area contributed by atoms with E-state index in [2.05, 4.69) is 183 Å². The highest BCUT2D eigenvalue weighted by atomic mass is 32.1. The van der Waals surface area contributed by atoms with Crippen molar-refractivity contribution in [3.63, 3.8) is 0 Å². The maximum Gasteiger partial charge on any atom is 0.235 e. The zero-order chi connectivity index (χ0) is 54.4. The number of hydrogen-bond acceptors (Lipinski definition) is 9. The minimum absolute atomic E-state index is 0.665. The SMILES string of the molecule is CC.c1ccc(-c2nc(-n3c4cccnc4c4c5ccncc5c5c6ccccc6sc5c43)c3ccccc3n2)cc1.c1ccc(-c2nc(-n3c4ccncc4c4c5ccccc5c5c6ccccc6sc5c43)nc3ccccc23)cc1. The van der Waals surface area contributed by atoms with Gasteiger partial charge >= 0.3 is 0 Å². The molecule has 0 saturated carbocycles. The Morgan fingerprint density at radius 1 is 0.354 bits per heavy atom. The van der Waals surface area contributed by atoms with E-state index in [1.807, 2.05) is 110 Å². The van der Waals surface area contributed by atoms with Gasteiger partial charge in [0.1, 0.15) is 5.82 Å². The van der Waals surface area contributed by atoms with Gasteiger partial charge < -0.3 is 0 Å². The van der Waals surface area contributed by atoms with Crippen LogP contribution in [0.5, 0.6) is 0 Å². The molecule has 0 spiro atoms. The smallest absolute Gasteiger partial charge is 0.235 e. The van der Waals surface area contributed by atoms with Crippen LogP contribution in [-0.2, 0) is 0 Å². The predicted octanol–water partition coefficient (Wildman–Crippen LogP) is 19.0.